The molecule has 1 heterocycles. The van der Waals surface area contributed by atoms with Gasteiger partial charge in [0.2, 0.25) is 5.91 Å². The number of carbonyl (C=O) groups is 3. The van der Waals surface area contributed by atoms with Crippen LogP contribution >= 0.6 is 0 Å². The van der Waals surface area contributed by atoms with Gasteiger partial charge in [-0.05, 0) is 36.1 Å². The fourth-order valence-electron chi connectivity index (χ4n) is 4.58. The van der Waals surface area contributed by atoms with Crippen molar-refractivity contribution in [2.45, 2.75) is 31.1 Å². The third-order valence-electron chi connectivity index (χ3n) is 6.55. The second-order valence-electron chi connectivity index (χ2n) is 8.92. The number of esters is 1. The van der Waals surface area contributed by atoms with Crippen LogP contribution in [-0.2, 0) is 31.3 Å². The Morgan fingerprint density at radius 1 is 0.917 bits per heavy atom. The van der Waals surface area contributed by atoms with E-state index in [0.717, 1.165) is 10.5 Å². The van der Waals surface area contributed by atoms with Crippen LogP contribution < -0.4 is 0 Å². The molecule has 0 bridgehead atoms. The highest BCUT2D eigenvalue weighted by Gasteiger charge is 2.45. The lowest BCUT2D eigenvalue weighted by molar-refractivity contribution is -0.157. The molecule has 2 amide bonds. The van der Waals surface area contributed by atoms with Crippen LogP contribution in [0.25, 0.3) is 0 Å². The molecule has 186 valence electrons. The molecule has 1 atom stereocenters. The van der Waals surface area contributed by atoms with Crippen LogP contribution in [0.5, 0.6) is 0 Å². The molecule has 1 aliphatic heterocycles. The standard InChI is InChI=1S/C29H30N2O5/c1-30(28(34)29(35,23-14-7-3-8-15-23)24-16-9-4-10-17-24)27(33)25-18-11-19-31(25)20-26(32)36-21-22-12-5-2-6-13-22/h2-10,12-17,25,35H,11,18-21H2,1H3/t25-/m0/s1. The largest absolute Gasteiger partial charge is 0.460 e. The van der Waals surface area contributed by atoms with Crippen LogP contribution in [0.4, 0.5) is 0 Å². The summed E-state index contributed by atoms with van der Waals surface area (Å²) >= 11 is 0. The van der Waals surface area contributed by atoms with E-state index < -0.39 is 29.4 Å². The van der Waals surface area contributed by atoms with Crippen LogP contribution in [0, 0.1) is 0 Å². The van der Waals surface area contributed by atoms with E-state index in [1.807, 2.05) is 30.3 Å². The Labute approximate surface area is 210 Å². The first-order valence-corrected chi connectivity index (χ1v) is 12.0. The number of carbonyl (C=O) groups excluding carboxylic acids is 3. The number of hydrogen-bond donors (Lipinski definition) is 1. The molecule has 0 aromatic heterocycles. The van der Waals surface area contributed by atoms with E-state index in [1.165, 1.54) is 7.05 Å². The first-order valence-electron chi connectivity index (χ1n) is 12.0. The minimum Gasteiger partial charge on any atom is -0.460 e. The number of rotatable bonds is 8. The van der Waals surface area contributed by atoms with Gasteiger partial charge in [-0.2, -0.15) is 0 Å². The molecular weight excluding hydrogens is 456 g/mol. The summed E-state index contributed by atoms with van der Waals surface area (Å²) in [6.07, 6.45) is 1.23. The van der Waals surface area contributed by atoms with Gasteiger partial charge in [0.25, 0.3) is 5.91 Å². The molecule has 0 saturated carbocycles. The topological polar surface area (TPSA) is 87.2 Å². The lowest BCUT2D eigenvalue weighted by atomic mass is 9.85. The molecular formula is C29H30N2O5. The summed E-state index contributed by atoms with van der Waals surface area (Å²) in [7, 11) is 1.38. The zero-order valence-electron chi connectivity index (χ0n) is 20.2. The smallest absolute Gasteiger partial charge is 0.320 e. The van der Waals surface area contributed by atoms with Crippen LogP contribution in [0.15, 0.2) is 91.0 Å². The summed E-state index contributed by atoms with van der Waals surface area (Å²) in [6.45, 7) is 0.652. The number of benzene rings is 3. The fraction of sp³-hybridized carbons (Fsp3) is 0.276. The Morgan fingerprint density at radius 3 is 2.00 bits per heavy atom. The van der Waals surface area contributed by atoms with Gasteiger partial charge in [-0.25, -0.2) is 0 Å². The zero-order valence-corrected chi connectivity index (χ0v) is 20.2. The molecule has 1 saturated heterocycles. The summed E-state index contributed by atoms with van der Waals surface area (Å²) in [5, 5.41) is 11.7. The number of likely N-dealkylation sites (N-methyl/N-ethyl adjacent to an activating group) is 1. The van der Waals surface area contributed by atoms with Gasteiger partial charge in [0, 0.05) is 7.05 Å². The van der Waals surface area contributed by atoms with Crippen molar-refractivity contribution in [3.63, 3.8) is 0 Å². The van der Waals surface area contributed by atoms with Crippen molar-refractivity contribution >= 4 is 17.8 Å². The maximum absolute atomic E-state index is 13.7. The molecule has 3 aromatic rings. The Kier molecular flexibility index (Phi) is 7.93. The maximum atomic E-state index is 13.7. The lowest BCUT2D eigenvalue weighted by Crippen LogP contribution is -2.53. The number of likely N-dealkylation sites (tertiary alicyclic amines) is 1. The monoisotopic (exact) mass is 486 g/mol. The molecule has 36 heavy (non-hydrogen) atoms. The average Bonchev–Trinajstić information content (AvgIpc) is 3.39. The van der Waals surface area contributed by atoms with Gasteiger partial charge < -0.3 is 9.84 Å². The van der Waals surface area contributed by atoms with Gasteiger partial charge in [-0.1, -0.05) is 91.0 Å². The molecule has 4 rings (SSSR count). The summed E-state index contributed by atoms with van der Waals surface area (Å²) in [4.78, 5) is 42.4. The maximum Gasteiger partial charge on any atom is 0.320 e. The van der Waals surface area contributed by atoms with Crippen LogP contribution in [0.2, 0.25) is 0 Å². The Bertz CT molecular complexity index is 1140. The van der Waals surface area contributed by atoms with Crippen molar-refractivity contribution in [1.29, 1.82) is 0 Å². The van der Waals surface area contributed by atoms with Crippen molar-refractivity contribution in [3.05, 3.63) is 108 Å². The van der Waals surface area contributed by atoms with Crippen molar-refractivity contribution in [3.8, 4) is 0 Å². The highest BCUT2D eigenvalue weighted by Crippen LogP contribution is 2.32. The first-order chi connectivity index (χ1) is 17.4. The number of nitrogens with zero attached hydrogens (tertiary/aromatic N) is 2. The zero-order chi connectivity index (χ0) is 25.5. The minimum atomic E-state index is -2.04. The Balaban J connectivity index is 1.48. The summed E-state index contributed by atoms with van der Waals surface area (Å²) < 4.78 is 5.38. The van der Waals surface area contributed by atoms with Crippen molar-refractivity contribution in [1.82, 2.24) is 9.80 Å². The molecule has 0 aliphatic carbocycles. The fourth-order valence-corrected chi connectivity index (χ4v) is 4.58. The Hall–Kier alpha value is -3.81. The van der Waals surface area contributed by atoms with Gasteiger partial charge >= 0.3 is 5.97 Å². The van der Waals surface area contributed by atoms with E-state index in [0.29, 0.717) is 30.5 Å². The summed E-state index contributed by atoms with van der Waals surface area (Å²) in [6, 6.07) is 25.9. The van der Waals surface area contributed by atoms with Crippen molar-refractivity contribution < 1.29 is 24.2 Å². The third kappa shape index (κ3) is 5.37. The van der Waals surface area contributed by atoms with Crippen LogP contribution in [-0.4, -0.2) is 58.9 Å². The molecule has 0 unspecified atom stereocenters. The quantitative estimate of drug-likeness (QED) is 0.493. The number of imide groups is 1. The van der Waals surface area contributed by atoms with Crippen LogP contribution in [0.3, 0.4) is 0 Å². The van der Waals surface area contributed by atoms with Crippen molar-refractivity contribution in [2.75, 3.05) is 20.1 Å². The number of ether oxygens (including phenoxy) is 1. The van der Waals surface area contributed by atoms with E-state index in [1.54, 1.807) is 65.6 Å². The first kappa shape index (κ1) is 25.3. The third-order valence-corrected chi connectivity index (χ3v) is 6.55. The van der Waals surface area contributed by atoms with Crippen molar-refractivity contribution in [2.24, 2.45) is 0 Å². The van der Waals surface area contributed by atoms with Gasteiger partial charge in [0.15, 0.2) is 5.60 Å². The lowest BCUT2D eigenvalue weighted by Gasteiger charge is -2.33. The van der Waals surface area contributed by atoms with Gasteiger partial charge in [-0.15, -0.1) is 0 Å². The highest BCUT2D eigenvalue weighted by molar-refractivity contribution is 6.03. The number of aliphatic hydroxyl groups is 1. The normalized spacial score (nSPS) is 15.9. The van der Waals surface area contributed by atoms with Crippen LogP contribution in [0.1, 0.15) is 29.5 Å². The SMILES string of the molecule is CN(C(=O)[C@@H]1CCCN1CC(=O)OCc1ccccc1)C(=O)C(O)(c1ccccc1)c1ccccc1. The number of amides is 2. The molecule has 1 N–H and O–H groups in total. The summed E-state index contributed by atoms with van der Waals surface area (Å²) in [5.74, 6) is -1.64. The molecule has 0 spiro atoms. The molecule has 1 fully saturated rings. The van der Waals surface area contributed by atoms with Gasteiger partial charge in [0.05, 0.1) is 12.6 Å². The molecule has 7 nitrogen and oxygen atoms in total. The number of hydrogen-bond acceptors (Lipinski definition) is 6. The minimum absolute atomic E-state index is 0.0487. The second-order valence-corrected chi connectivity index (χ2v) is 8.92. The van der Waals surface area contributed by atoms with E-state index in [9.17, 15) is 19.5 Å². The molecule has 1 aliphatic rings. The van der Waals surface area contributed by atoms with E-state index in [-0.39, 0.29) is 13.2 Å². The summed E-state index contributed by atoms with van der Waals surface area (Å²) in [5.41, 5.74) is -0.418. The van der Waals surface area contributed by atoms with E-state index in [2.05, 4.69) is 0 Å². The average molecular weight is 487 g/mol. The predicted molar refractivity (Wildman–Crippen MR) is 134 cm³/mol. The molecule has 7 heteroatoms. The molecule has 3 aromatic carbocycles. The van der Waals surface area contributed by atoms with E-state index in [4.69, 9.17) is 4.74 Å². The van der Waals surface area contributed by atoms with Gasteiger partial charge in [0.1, 0.15) is 6.61 Å². The second kappa shape index (κ2) is 11.3. The van der Waals surface area contributed by atoms with E-state index >= 15 is 0 Å². The van der Waals surface area contributed by atoms with Gasteiger partial charge in [-0.3, -0.25) is 24.2 Å². The Morgan fingerprint density at radius 2 is 1.44 bits per heavy atom. The predicted octanol–water partition coefficient (Wildman–Crippen LogP) is 3.12. The molecule has 0 radical (unpaired) electrons. The highest BCUT2D eigenvalue weighted by atomic mass is 16.5.